The van der Waals surface area contributed by atoms with E-state index in [9.17, 15) is 4.79 Å². The third-order valence-electron chi connectivity index (χ3n) is 3.52. The first-order valence-corrected chi connectivity index (χ1v) is 6.52. The average molecular weight is 277 g/mol. The van der Waals surface area contributed by atoms with E-state index in [0.717, 1.165) is 30.8 Å². The largest absolute Gasteiger partial charge is 0.325 e. The maximum Gasteiger partial charge on any atom is 0.259 e. The number of aromatic amines is 2. The minimum Gasteiger partial charge on any atom is -0.325 e. The maximum atomic E-state index is 12.2. The van der Waals surface area contributed by atoms with Gasteiger partial charge in [-0.3, -0.25) is 9.89 Å². The standard InChI is InChI=1S/C12H15N5OS/c1-16-4-3-9-7(6-16)5-8(11(18)13-9)10-14-15-12(19)17(10)2/h5H,3-4,6H2,1-2H3,(H,13,18)(H,15,19). The highest BCUT2D eigenvalue weighted by molar-refractivity contribution is 7.71. The smallest absolute Gasteiger partial charge is 0.259 e. The van der Waals surface area contributed by atoms with Gasteiger partial charge in [0.15, 0.2) is 10.6 Å². The number of pyridine rings is 1. The van der Waals surface area contributed by atoms with Gasteiger partial charge in [0.05, 0.1) is 5.56 Å². The number of H-pyrrole nitrogens is 2. The Balaban J connectivity index is 2.18. The normalized spacial score (nSPS) is 15.5. The summed E-state index contributed by atoms with van der Waals surface area (Å²) in [5, 5.41) is 6.83. The lowest BCUT2D eigenvalue weighted by Crippen LogP contribution is -2.29. The van der Waals surface area contributed by atoms with Gasteiger partial charge in [0, 0.05) is 32.3 Å². The molecule has 1 aliphatic heterocycles. The Hall–Kier alpha value is -1.73. The Morgan fingerprint density at radius 3 is 2.89 bits per heavy atom. The fourth-order valence-corrected chi connectivity index (χ4v) is 2.53. The zero-order chi connectivity index (χ0) is 13.6. The molecule has 0 amide bonds. The van der Waals surface area contributed by atoms with Crippen molar-refractivity contribution in [1.29, 1.82) is 0 Å². The lowest BCUT2D eigenvalue weighted by atomic mass is 10.0. The molecule has 1 aliphatic rings. The van der Waals surface area contributed by atoms with E-state index in [0.29, 0.717) is 16.2 Å². The van der Waals surface area contributed by atoms with Gasteiger partial charge < -0.3 is 14.5 Å². The predicted octanol–water partition coefficient (Wildman–Crippen LogP) is 0.821. The molecule has 0 bridgehead atoms. The molecule has 0 aromatic carbocycles. The van der Waals surface area contributed by atoms with E-state index in [-0.39, 0.29) is 5.56 Å². The van der Waals surface area contributed by atoms with Crippen LogP contribution in [0.4, 0.5) is 0 Å². The minimum atomic E-state index is -0.111. The molecule has 6 nitrogen and oxygen atoms in total. The van der Waals surface area contributed by atoms with Gasteiger partial charge in [-0.25, -0.2) is 0 Å². The second-order valence-corrected chi connectivity index (χ2v) is 5.30. The highest BCUT2D eigenvalue weighted by Gasteiger charge is 2.18. The Morgan fingerprint density at radius 1 is 1.42 bits per heavy atom. The maximum absolute atomic E-state index is 12.2. The molecule has 0 unspecified atom stereocenters. The molecule has 0 radical (unpaired) electrons. The van der Waals surface area contributed by atoms with Crippen molar-refractivity contribution < 1.29 is 0 Å². The summed E-state index contributed by atoms with van der Waals surface area (Å²) >= 11 is 5.08. The van der Waals surface area contributed by atoms with Crippen molar-refractivity contribution in [2.24, 2.45) is 7.05 Å². The van der Waals surface area contributed by atoms with Crippen LogP contribution in [-0.4, -0.2) is 38.2 Å². The number of fused-ring (bicyclic) bond motifs is 1. The van der Waals surface area contributed by atoms with E-state index in [1.54, 1.807) is 11.6 Å². The van der Waals surface area contributed by atoms with Crippen LogP contribution in [0.2, 0.25) is 0 Å². The van der Waals surface area contributed by atoms with Gasteiger partial charge in [0.2, 0.25) is 0 Å². The van der Waals surface area contributed by atoms with Gasteiger partial charge >= 0.3 is 0 Å². The molecular formula is C12H15N5OS. The van der Waals surface area contributed by atoms with Crippen LogP contribution in [0, 0.1) is 4.77 Å². The van der Waals surface area contributed by atoms with Gasteiger partial charge in [-0.15, -0.1) is 0 Å². The Kier molecular flexibility index (Phi) is 2.87. The molecular weight excluding hydrogens is 262 g/mol. The predicted molar refractivity (Wildman–Crippen MR) is 74.5 cm³/mol. The quantitative estimate of drug-likeness (QED) is 0.757. The van der Waals surface area contributed by atoms with Crippen molar-refractivity contribution in [1.82, 2.24) is 24.6 Å². The minimum absolute atomic E-state index is 0.111. The third kappa shape index (κ3) is 2.04. The topological polar surface area (TPSA) is 69.7 Å². The van der Waals surface area contributed by atoms with Crippen LogP contribution >= 0.6 is 12.2 Å². The van der Waals surface area contributed by atoms with E-state index in [1.807, 2.05) is 6.07 Å². The molecule has 3 rings (SSSR count). The summed E-state index contributed by atoms with van der Waals surface area (Å²) in [4.78, 5) is 17.4. The number of nitrogens with zero attached hydrogens (tertiary/aromatic N) is 3. The van der Waals surface area contributed by atoms with Crippen molar-refractivity contribution in [2.75, 3.05) is 13.6 Å². The molecule has 0 saturated heterocycles. The van der Waals surface area contributed by atoms with Crippen molar-refractivity contribution in [3.05, 3.63) is 32.4 Å². The monoisotopic (exact) mass is 277 g/mol. The van der Waals surface area contributed by atoms with Crippen LogP contribution in [0.1, 0.15) is 11.3 Å². The molecule has 3 heterocycles. The van der Waals surface area contributed by atoms with E-state index in [2.05, 4.69) is 27.1 Å². The SMILES string of the molecule is CN1CCc2[nH]c(=O)c(-c3n[nH]c(=S)n3C)cc2C1. The van der Waals surface area contributed by atoms with Gasteiger partial charge in [-0.1, -0.05) is 0 Å². The second kappa shape index (κ2) is 4.43. The molecule has 0 atom stereocenters. The van der Waals surface area contributed by atoms with Crippen LogP contribution in [0.25, 0.3) is 11.4 Å². The molecule has 0 fully saturated rings. The summed E-state index contributed by atoms with van der Waals surface area (Å²) in [7, 11) is 3.87. The number of hydrogen-bond donors (Lipinski definition) is 2. The summed E-state index contributed by atoms with van der Waals surface area (Å²) < 4.78 is 2.21. The average Bonchev–Trinajstić information content (AvgIpc) is 2.70. The zero-order valence-electron chi connectivity index (χ0n) is 10.9. The molecule has 2 N–H and O–H groups in total. The first-order chi connectivity index (χ1) is 9.06. The molecule has 100 valence electrons. The second-order valence-electron chi connectivity index (χ2n) is 4.92. The van der Waals surface area contributed by atoms with Crippen molar-refractivity contribution in [2.45, 2.75) is 13.0 Å². The van der Waals surface area contributed by atoms with E-state index in [1.165, 1.54) is 0 Å². The van der Waals surface area contributed by atoms with Crippen LogP contribution in [0.5, 0.6) is 0 Å². The summed E-state index contributed by atoms with van der Waals surface area (Å²) in [5.74, 6) is 0.572. The molecule has 0 saturated carbocycles. The van der Waals surface area contributed by atoms with Crippen LogP contribution in [0.15, 0.2) is 10.9 Å². The Morgan fingerprint density at radius 2 is 2.21 bits per heavy atom. The molecule has 2 aromatic rings. The van der Waals surface area contributed by atoms with E-state index >= 15 is 0 Å². The fraction of sp³-hybridized carbons (Fsp3) is 0.417. The van der Waals surface area contributed by atoms with Crippen molar-refractivity contribution in [3.8, 4) is 11.4 Å². The summed E-state index contributed by atoms with van der Waals surface area (Å²) in [6.45, 7) is 1.81. The summed E-state index contributed by atoms with van der Waals surface area (Å²) in [5.41, 5.74) is 2.63. The molecule has 0 spiro atoms. The lowest BCUT2D eigenvalue weighted by molar-refractivity contribution is 0.309. The molecule has 19 heavy (non-hydrogen) atoms. The fourth-order valence-electron chi connectivity index (χ4n) is 2.40. The number of hydrogen-bond acceptors (Lipinski definition) is 4. The summed E-state index contributed by atoms with van der Waals surface area (Å²) in [6.07, 6.45) is 0.875. The number of nitrogens with one attached hydrogen (secondary N) is 2. The van der Waals surface area contributed by atoms with Crippen LogP contribution < -0.4 is 5.56 Å². The first kappa shape index (κ1) is 12.3. The first-order valence-electron chi connectivity index (χ1n) is 6.11. The van der Waals surface area contributed by atoms with E-state index < -0.39 is 0 Å². The number of rotatable bonds is 1. The summed E-state index contributed by atoms with van der Waals surface area (Å²) in [6, 6.07) is 1.93. The van der Waals surface area contributed by atoms with Crippen LogP contribution in [-0.2, 0) is 20.0 Å². The number of likely N-dealkylation sites (N-methyl/N-ethyl adjacent to an activating group) is 1. The zero-order valence-corrected chi connectivity index (χ0v) is 11.7. The van der Waals surface area contributed by atoms with Gasteiger partial charge in [-0.2, -0.15) is 5.10 Å². The van der Waals surface area contributed by atoms with Gasteiger partial charge in [-0.05, 0) is 30.9 Å². The number of aromatic nitrogens is 4. The third-order valence-corrected chi connectivity index (χ3v) is 3.88. The van der Waals surface area contributed by atoms with Crippen molar-refractivity contribution >= 4 is 12.2 Å². The van der Waals surface area contributed by atoms with Crippen molar-refractivity contribution in [3.63, 3.8) is 0 Å². The molecule has 0 aliphatic carbocycles. The van der Waals surface area contributed by atoms with Gasteiger partial charge in [0.25, 0.3) is 5.56 Å². The molecule has 2 aromatic heterocycles. The Bertz CT molecular complexity index is 741. The van der Waals surface area contributed by atoms with Gasteiger partial charge in [0.1, 0.15) is 0 Å². The van der Waals surface area contributed by atoms with E-state index in [4.69, 9.17) is 12.2 Å². The van der Waals surface area contributed by atoms with Crippen LogP contribution in [0.3, 0.4) is 0 Å². The highest BCUT2D eigenvalue weighted by atomic mass is 32.1. The molecule has 7 heteroatoms. The highest BCUT2D eigenvalue weighted by Crippen LogP contribution is 2.19. The Labute approximate surface area is 115 Å². The lowest BCUT2D eigenvalue weighted by Gasteiger charge is -2.24.